The molecule has 0 spiro atoms. The van der Waals surface area contributed by atoms with Gasteiger partial charge in [0.25, 0.3) is 5.91 Å². The predicted molar refractivity (Wildman–Crippen MR) is 109 cm³/mol. The monoisotopic (exact) mass is 445 g/mol. The molecule has 9 heteroatoms. The molecular formula is C21H13F2NO4S2. The number of carboxylic acids is 1. The van der Waals surface area contributed by atoms with Crippen molar-refractivity contribution < 1.29 is 28.3 Å². The van der Waals surface area contributed by atoms with Crippen LogP contribution in [-0.4, -0.2) is 22.9 Å². The van der Waals surface area contributed by atoms with Gasteiger partial charge in [-0.1, -0.05) is 18.2 Å². The molecular weight excluding hydrogens is 432 g/mol. The van der Waals surface area contributed by atoms with Gasteiger partial charge in [0, 0.05) is 10.6 Å². The molecule has 2 amide bonds. The first-order valence-electron chi connectivity index (χ1n) is 8.73. The van der Waals surface area contributed by atoms with Crippen LogP contribution in [0.2, 0.25) is 0 Å². The van der Waals surface area contributed by atoms with Gasteiger partial charge in [-0.25, -0.2) is 18.5 Å². The summed E-state index contributed by atoms with van der Waals surface area (Å²) in [7, 11) is 0. The van der Waals surface area contributed by atoms with Crippen molar-refractivity contribution >= 4 is 46.6 Å². The number of hydrogen-bond acceptors (Lipinski definition) is 5. The molecule has 1 aromatic heterocycles. The van der Waals surface area contributed by atoms with E-state index in [0.717, 1.165) is 17.4 Å². The highest BCUT2D eigenvalue weighted by atomic mass is 32.2. The smallest absolute Gasteiger partial charge is 0.346 e. The number of aromatic carboxylic acids is 1. The zero-order valence-corrected chi connectivity index (χ0v) is 16.9. The van der Waals surface area contributed by atoms with E-state index in [1.807, 2.05) is 0 Å². The fraction of sp³-hybridized carbons (Fsp3) is 0.0952. The first-order valence-corrected chi connectivity index (χ1v) is 10.6. The van der Waals surface area contributed by atoms with E-state index in [2.05, 4.69) is 0 Å². The molecule has 0 saturated heterocycles. The molecule has 0 unspecified atom stereocenters. The number of anilines is 1. The number of carbonyl (C=O) groups excluding carboxylic acids is 2. The Hall–Kier alpha value is -3.04. The Bertz CT molecular complexity index is 1190. The summed E-state index contributed by atoms with van der Waals surface area (Å²) < 4.78 is 28.4. The highest BCUT2D eigenvalue weighted by molar-refractivity contribution is 7.98. The third kappa shape index (κ3) is 3.61. The van der Waals surface area contributed by atoms with Crippen LogP contribution >= 0.6 is 23.1 Å². The van der Waals surface area contributed by atoms with Crippen LogP contribution in [0.25, 0.3) is 0 Å². The zero-order chi connectivity index (χ0) is 21.4. The molecule has 0 fully saturated rings. The van der Waals surface area contributed by atoms with Gasteiger partial charge in [-0.2, -0.15) is 0 Å². The van der Waals surface area contributed by atoms with Crippen molar-refractivity contribution in [1.29, 1.82) is 0 Å². The molecule has 152 valence electrons. The number of thiophene rings is 1. The minimum atomic E-state index is -1.28. The van der Waals surface area contributed by atoms with Crippen molar-refractivity contribution in [2.24, 2.45) is 0 Å². The van der Waals surface area contributed by atoms with E-state index in [0.29, 0.717) is 20.9 Å². The minimum absolute atomic E-state index is 0.0871. The summed E-state index contributed by atoms with van der Waals surface area (Å²) in [5.41, 5.74) is 0.453. The predicted octanol–water partition coefficient (Wildman–Crippen LogP) is 4.75. The number of thioether (sulfide) groups is 1. The molecule has 0 bridgehead atoms. The summed E-state index contributed by atoms with van der Waals surface area (Å²) in [4.78, 5) is 38.0. The Labute approximate surface area is 177 Å². The van der Waals surface area contributed by atoms with Crippen LogP contribution in [0.15, 0.2) is 52.7 Å². The minimum Gasteiger partial charge on any atom is -0.477 e. The van der Waals surface area contributed by atoms with Gasteiger partial charge < -0.3 is 5.11 Å². The number of carbonyl (C=O) groups is 3. The van der Waals surface area contributed by atoms with E-state index >= 15 is 0 Å². The SMILES string of the molecule is O=C(O)c1scc2c1C(=O)N(c1cc(SCc3ccccc3F)ccc1F)C(=O)C2. The Morgan fingerprint density at radius 3 is 2.63 bits per heavy atom. The molecule has 5 nitrogen and oxygen atoms in total. The van der Waals surface area contributed by atoms with Crippen LogP contribution in [0.3, 0.4) is 0 Å². The topological polar surface area (TPSA) is 74.7 Å². The maximum atomic E-state index is 14.6. The lowest BCUT2D eigenvalue weighted by Gasteiger charge is -2.26. The van der Waals surface area contributed by atoms with Crippen molar-refractivity contribution in [3.8, 4) is 0 Å². The molecule has 0 atom stereocenters. The second kappa shape index (κ2) is 8.00. The molecule has 4 rings (SSSR count). The van der Waals surface area contributed by atoms with E-state index in [1.165, 1.54) is 35.3 Å². The largest absolute Gasteiger partial charge is 0.477 e. The molecule has 2 aromatic carbocycles. The van der Waals surface area contributed by atoms with Crippen LogP contribution in [0.1, 0.15) is 31.2 Å². The second-order valence-corrected chi connectivity index (χ2v) is 8.40. The second-order valence-electron chi connectivity index (χ2n) is 6.47. The molecule has 0 radical (unpaired) electrons. The Morgan fingerprint density at radius 2 is 1.90 bits per heavy atom. The summed E-state index contributed by atoms with van der Waals surface area (Å²) in [5.74, 6) is -3.66. The molecule has 2 heterocycles. The van der Waals surface area contributed by atoms with E-state index in [9.17, 15) is 28.3 Å². The summed E-state index contributed by atoms with van der Waals surface area (Å²) in [6.45, 7) is 0. The maximum absolute atomic E-state index is 14.6. The number of halogens is 2. The lowest BCUT2D eigenvalue weighted by molar-refractivity contribution is -0.117. The molecule has 1 aliphatic rings. The molecule has 1 N–H and O–H groups in total. The fourth-order valence-corrected chi connectivity index (χ4v) is 4.97. The lowest BCUT2D eigenvalue weighted by atomic mass is 10.0. The first kappa shape index (κ1) is 20.2. The number of imide groups is 1. The number of fused-ring (bicyclic) bond motifs is 1. The van der Waals surface area contributed by atoms with E-state index in [4.69, 9.17) is 0 Å². The fourth-order valence-electron chi connectivity index (χ4n) is 3.16. The van der Waals surface area contributed by atoms with Crippen LogP contribution in [-0.2, 0) is 17.0 Å². The Balaban J connectivity index is 1.66. The van der Waals surface area contributed by atoms with Crippen LogP contribution in [0.5, 0.6) is 0 Å². The normalized spacial score (nSPS) is 13.5. The van der Waals surface area contributed by atoms with Crippen molar-refractivity contribution in [2.45, 2.75) is 17.1 Å². The standard InChI is InChI=1S/C21H13F2NO4S2/c22-14-4-2-1-3-11(14)9-29-13-5-6-15(23)16(8-13)24-17(25)7-12-10-30-19(21(27)28)18(12)20(24)26/h1-6,8,10H,7,9H2,(H,27,28). The molecule has 30 heavy (non-hydrogen) atoms. The van der Waals surface area contributed by atoms with Gasteiger partial charge in [0.05, 0.1) is 17.7 Å². The van der Waals surface area contributed by atoms with Gasteiger partial charge in [-0.3, -0.25) is 9.59 Å². The van der Waals surface area contributed by atoms with Gasteiger partial charge in [-0.15, -0.1) is 23.1 Å². The molecule has 0 saturated carbocycles. The van der Waals surface area contributed by atoms with Crippen LogP contribution < -0.4 is 4.90 Å². The number of rotatable bonds is 5. The van der Waals surface area contributed by atoms with Crippen LogP contribution in [0, 0.1) is 11.6 Å². The quantitative estimate of drug-likeness (QED) is 0.453. The summed E-state index contributed by atoms with van der Waals surface area (Å²) in [6, 6.07) is 10.2. The van der Waals surface area contributed by atoms with E-state index in [-0.39, 0.29) is 34.1 Å². The number of nitrogens with zero attached hydrogens (tertiary/aromatic N) is 1. The third-order valence-electron chi connectivity index (χ3n) is 4.58. The highest BCUT2D eigenvalue weighted by Crippen LogP contribution is 2.35. The third-order valence-corrected chi connectivity index (χ3v) is 6.64. The van der Waals surface area contributed by atoms with Gasteiger partial charge in [0.2, 0.25) is 5.91 Å². The number of amides is 2. The maximum Gasteiger partial charge on any atom is 0.346 e. The molecule has 3 aromatic rings. The van der Waals surface area contributed by atoms with Crippen molar-refractivity contribution in [3.05, 3.63) is 81.0 Å². The van der Waals surface area contributed by atoms with Gasteiger partial charge in [-0.05, 0) is 40.8 Å². The van der Waals surface area contributed by atoms with Crippen molar-refractivity contribution in [1.82, 2.24) is 0 Å². The van der Waals surface area contributed by atoms with Crippen molar-refractivity contribution in [3.63, 3.8) is 0 Å². The van der Waals surface area contributed by atoms with Gasteiger partial charge >= 0.3 is 5.97 Å². The zero-order valence-electron chi connectivity index (χ0n) is 15.2. The van der Waals surface area contributed by atoms with E-state index < -0.39 is 23.6 Å². The number of carboxylic acid groups (broad SMARTS) is 1. The summed E-state index contributed by atoms with van der Waals surface area (Å²) >= 11 is 2.08. The van der Waals surface area contributed by atoms with Gasteiger partial charge in [0.1, 0.15) is 16.5 Å². The summed E-state index contributed by atoms with van der Waals surface area (Å²) in [5, 5.41) is 10.8. The van der Waals surface area contributed by atoms with Crippen molar-refractivity contribution in [2.75, 3.05) is 4.90 Å². The molecule has 1 aliphatic heterocycles. The van der Waals surface area contributed by atoms with Gasteiger partial charge in [0.15, 0.2) is 0 Å². The first-order chi connectivity index (χ1) is 14.4. The number of benzene rings is 2. The summed E-state index contributed by atoms with van der Waals surface area (Å²) in [6.07, 6.45) is -0.198. The highest BCUT2D eigenvalue weighted by Gasteiger charge is 2.38. The van der Waals surface area contributed by atoms with Crippen LogP contribution in [0.4, 0.5) is 14.5 Å². The number of hydrogen-bond donors (Lipinski definition) is 1. The Kier molecular flexibility index (Phi) is 5.40. The lowest BCUT2D eigenvalue weighted by Crippen LogP contribution is -2.43. The average molecular weight is 445 g/mol. The van der Waals surface area contributed by atoms with E-state index in [1.54, 1.807) is 18.2 Å². The Morgan fingerprint density at radius 1 is 1.13 bits per heavy atom. The molecule has 0 aliphatic carbocycles. The average Bonchev–Trinajstić information content (AvgIpc) is 3.13.